The van der Waals surface area contributed by atoms with Gasteiger partial charge in [0.25, 0.3) is 0 Å². The minimum atomic E-state index is -0.365. The first-order chi connectivity index (χ1) is 14.1. The van der Waals surface area contributed by atoms with Gasteiger partial charge < -0.3 is 25.7 Å². The Morgan fingerprint density at radius 3 is 2.79 bits per heavy atom. The topological polar surface area (TPSA) is 83.5 Å². The van der Waals surface area contributed by atoms with Crippen LogP contribution in [0.1, 0.15) is 17.1 Å². The van der Waals surface area contributed by atoms with Crippen LogP contribution in [0, 0.1) is 6.92 Å². The van der Waals surface area contributed by atoms with E-state index in [1.54, 1.807) is 11.8 Å². The Morgan fingerprint density at radius 1 is 1.21 bits per heavy atom. The van der Waals surface area contributed by atoms with Crippen LogP contribution < -0.4 is 21.3 Å². The number of nitrogens with one attached hydrogen (secondary N) is 2. The third-order valence-electron chi connectivity index (χ3n) is 4.60. The van der Waals surface area contributed by atoms with Crippen molar-refractivity contribution in [3.63, 3.8) is 0 Å². The number of carbonyl (C=O) groups is 1. The van der Waals surface area contributed by atoms with Crippen molar-refractivity contribution in [2.75, 3.05) is 4.90 Å². The third kappa shape index (κ3) is 4.07. The molecule has 1 aliphatic rings. The van der Waals surface area contributed by atoms with Crippen LogP contribution in [0.25, 0.3) is 0 Å². The Hall–Kier alpha value is -2.61. The minimum Gasteiger partial charge on any atom is -0.465 e. The molecular formula is C21H21ClN4O2S. The lowest BCUT2D eigenvalue weighted by Crippen LogP contribution is -2.46. The first kappa shape index (κ1) is 19.7. The number of thioether (sulfide) groups is 1. The van der Waals surface area contributed by atoms with E-state index in [-0.39, 0.29) is 11.5 Å². The summed E-state index contributed by atoms with van der Waals surface area (Å²) in [6, 6.07) is 17.1. The Labute approximate surface area is 178 Å². The highest BCUT2D eigenvalue weighted by Gasteiger charge is 2.34. The number of rotatable bonds is 5. The lowest BCUT2D eigenvalue weighted by Gasteiger charge is -2.29. The molecular weight excluding hydrogens is 408 g/mol. The Morgan fingerprint density at radius 2 is 2.03 bits per heavy atom. The van der Waals surface area contributed by atoms with E-state index < -0.39 is 0 Å². The van der Waals surface area contributed by atoms with Crippen molar-refractivity contribution in [1.29, 1.82) is 0 Å². The minimum absolute atomic E-state index is 0.296. The highest BCUT2D eigenvalue weighted by atomic mass is 35.5. The van der Waals surface area contributed by atoms with Gasteiger partial charge in [-0.2, -0.15) is 0 Å². The van der Waals surface area contributed by atoms with Crippen molar-refractivity contribution in [3.05, 3.63) is 76.7 Å². The molecule has 150 valence electrons. The number of nitrogens with two attached hydrogens (primary N) is 1. The largest absolute Gasteiger partial charge is 0.465 e. The molecule has 0 radical (unpaired) electrons. The zero-order valence-electron chi connectivity index (χ0n) is 15.8. The summed E-state index contributed by atoms with van der Waals surface area (Å²) in [5.74, 6) is 1.51. The number of amides is 2. The second-order valence-electron chi connectivity index (χ2n) is 6.60. The summed E-state index contributed by atoms with van der Waals surface area (Å²) in [4.78, 5) is 15.7. The molecule has 8 heteroatoms. The maximum atomic E-state index is 12.6. The normalized spacial score (nSPS) is 15.3. The maximum absolute atomic E-state index is 12.6. The predicted octanol–water partition coefficient (Wildman–Crippen LogP) is 4.73. The van der Waals surface area contributed by atoms with Crippen molar-refractivity contribution in [2.45, 2.75) is 30.4 Å². The number of urea groups is 1. The summed E-state index contributed by atoms with van der Waals surface area (Å²) >= 11 is 8.11. The molecule has 0 aliphatic carbocycles. The number of fused-ring (bicyclic) bond motifs is 1. The van der Waals surface area contributed by atoms with Crippen LogP contribution in [0.2, 0.25) is 5.02 Å². The molecule has 4 rings (SSSR count). The van der Waals surface area contributed by atoms with E-state index in [0.717, 1.165) is 27.6 Å². The van der Waals surface area contributed by atoms with E-state index in [1.165, 1.54) is 0 Å². The molecule has 29 heavy (non-hydrogen) atoms. The van der Waals surface area contributed by atoms with Gasteiger partial charge in [-0.3, -0.25) is 0 Å². The van der Waals surface area contributed by atoms with E-state index in [1.807, 2.05) is 66.4 Å². The molecule has 1 aromatic heterocycles. The van der Waals surface area contributed by atoms with Gasteiger partial charge in [0.2, 0.25) is 0 Å². The number of para-hydroxylation sites is 2. The zero-order valence-corrected chi connectivity index (χ0v) is 17.4. The van der Waals surface area contributed by atoms with Gasteiger partial charge in [-0.1, -0.05) is 47.6 Å². The van der Waals surface area contributed by atoms with E-state index in [0.29, 0.717) is 23.9 Å². The van der Waals surface area contributed by atoms with E-state index in [2.05, 4.69) is 10.6 Å². The Balaban J connectivity index is 1.58. The van der Waals surface area contributed by atoms with Gasteiger partial charge in [0.15, 0.2) is 5.50 Å². The smallest absolute Gasteiger partial charge is 0.317 e. The number of nitrogens with zero attached hydrogens (tertiary/aromatic N) is 1. The van der Waals surface area contributed by atoms with Gasteiger partial charge in [0.1, 0.15) is 11.5 Å². The van der Waals surface area contributed by atoms with Gasteiger partial charge in [-0.15, -0.1) is 0 Å². The fraction of sp³-hybridized carbons (Fsp3) is 0.190. The Bertz CT molecular complexity index is 1040. The summed E-state index contributed by atoms with van der Waals surface area (Å²) in [5.41, 5.74) is 8.30. The van der Waals surface area contributed by atoms with Crippen molar-refractivity contribution in [3.8, 4) is 0 Å². The van der Waals surface area contributed by atoms with Crippen molar-refractivity contribution < 1.29 is 9.21 Å². The Kier molecular flexibility index (Phi) is 5.71. The highest BCUT2D eigenvalue weighted by Crippen LogP contribution is 2.49. The number of hydrogen-bond acceptors (Lipinski definition) is 5. The van der Waals surface area contributed by atoms with Crippen molar-refractivity contribution >= 4 is 40.8 Å². The van der Waals surface area contributed by atoms with Crippen LogP contribution in [-0.4, -0.2) is 11.5 Å². The molecule has 0 bridgehead atoms. The number of hydrogen-bond donors (Lipinski definition) is 3. The molecule has 6 nitrogen and oxygen atoms in total. The number of carbonyl (C=O) groups excluding carboxylic acids is 1. The van der Waals surface area contributed by atoms with E-state index >= 15 is 0 Å². The molecule has 2 heterocycles. The van der Waals surface area contributed by atoms with Gasteiger partial charge in [0, 0.05) is 11.4 Å². The molecule has 3 aromatic rings. The molecule has 0 saturated heterocycles. The molecule has 2 amide bonds. The summed E-state index contributed by atoms with van der Waals surface area (Å²) < 4.78 is 5.50. The average molecular weight is 429 g/mol. The van der Waals surface area contributed by atoms with Crippen LogP contribution in [0.5, 0.6) is 0 Å². The fourth-order valence-corrected chi connectivity index (χ4v) is 4.75. The van der Waals surface area contributed by atoms with Crippen molar-refractivity contribution in [1.82, 2.24) is 10.6 Å². The van der Waals surface area contributed by atoms with Gasteiger partial charge in [-0.05, 0) is 42.8 Å². The van der Waals surface area contributed by atoms with Gasteiger partial charge in [0.05, 0.1) is 22.9 Å². The molecule has 0 fully saturated rings. The number of aryl methyl sites for hydroxylation is 1. The average Bonchev–Trinajstić information content (AvgIpc) is 3.29. The predicted molar refractivity (Wildman–Crippen MR) is 116 cm³/mol. The number of benzene rings is 2. The summed E-state index contributed by atoms with van der Waals surface area (Å²) in [6.45, 7) is 2.52. The monoisotopic (exact) mass is 428 g/mol. The van der Waals surface area contributed by atoms with Gasteiger partial charge in [-0.25, -0.2) is 4.79 Å². The van der Waals surface area contributed by atoms with Crippen molar-refractivity contribution in [2.24, 2.45) is 5.73 Å². The molecule has 1 aliphatic heterocycles. The second-order valence-corrected chi connectivity index (χ2v) is 8.13. The van der Waals surface area contributed by atoms with Crippen LogP contribution in [0.3, 0.4) is 0 Å². The van der Waals surface area contributed by atoms with Gasteiger partial charge >= 0.3 is 6.03 Å². The lowest BCUT2D eigenvalue weighted by atomic mass is 10.1. The first-order valence-electron chi connectivity index (χ1n) is 9.19. The zero-order chi connectivity index (χ0) is 20.4. The van der Waals surface area contributed by atoms with Crippen LogP contribution >= 0.6 is 23.4 Å². The number of furan rings is 1. The maximum Gasteiger partial charge on any atom is 0.317 e. The lowest BCUT2D eigenvalue weighted by molar-refractivity contribution is 0.239. The standard InChI is InChI=1S/C21H21ClN4O2S/c1-13-9-10-15(28-13)12-24-20(27)25-21-26(17-7-2-3-8-18(17)29-21)19-14(11-23)5-4-6-16(19)22/h2-10,21H,11-12,23H2,1H3,(H2,24,25,27). The number of anilines is 2. The fourth-order valence-electron chi connectivity index (χ4n) is 3.29. The summed E-state index contributed by atoms with van der Waals surface area (Å²) in [5, 5.41) is 6.45. The quantitative estimate of drug-likeness (QED) is 0.547. The third-order valence-corrected chi connectivity index (χ3v) is 6.06. The molecule has 2 aromatic carbocycles. The first-order valence-corrected chi connectivity index (χ1v) is 10.4. The second kappa shape index (κ2) is 8.41. The summed E-state index contributed by atoms with van der Waals surface area (Å²) in [7, 11) is 0. The van der Waals surface area contributed by atoms with Crippen LogP contribution in [-0.2, 0) is 13.1 Å². The molecule has 1 atom stereocenters. The molecule has 4 N–H and O–H groups in total. The molecule has 0 spiro atoms. The number of halogens is 1. The summed E-state index contributed by atoms with van der Waals surface area (Å²) in [6.07, 6.45) is 0. The van der Waals surface area contributed by atoms with Crippen LogP contribution in [0.15, 0.2) is 63.9 Å². The van der Waals surface area contributed by atoms with Crippen LogP contribution in [0.4, 0.5) is 16.2 Å². The SMILES string of the molecule is Cc1ccc(CNC(=O)NC2Sc3ccccc3N2c2c(Cl)cccc2CN)o1. The molecule has 0 saturated carbocycles. The molecule has 1 unspecified atom stereocenters. The van der Waals surface area contributed by atoms with E-state index in [4.69, 9.17) is 21.8 Å². The highest BCUT2D eigenvalue weighted by molar-refractivity contribution is 8.00. The van der Waals surface area contributed by atoms with E-state index in [9.17, 15) is 4.79 Å².